The summed E-state index contributed by atoms with van der Waals surface area (Å²) in [5.41, 5.74) is 9.27. The summed E-state index contributed by atoms with van der Waals surface area (Å²) in [5.74, 6) is -0.416. The normalized spacial score (nSPS) is 31.6. The second-order valence-corrected chi connectivity index (χ2v) is 25.6. The second-order valence-electron chi connectivity index (χ2n) is 25.6. The highest BCUT2D eigenvalue weighted by Crippen LogP contribution is 2.60. The molecule has 3 fully saturated rings. The summed E-state index contributed by atoms with van der Waals surface area (Å²) in [7, 11) is 1.53. The van der Waals surface area contributed by atoms with E-state index in [1.807, 2.05) is 6.07 Å². The van der Waals surface area contributed by atoms with Crippen molar-refractivity contribution in [3.05, 3.63) is 168 Å². The average Bonchev–Trinajstić information content (AvgIpc) is 3.57. The zero-order valence-electron chi connectivity index (χ0n) is 47.3. The summed E-state index contributed by atoms with van der Waals surface area (Å²) in [4.78, 5) is 45.9. The van der Waals surface area contributed by atoms with Gasteiger partial charge < -0.3 is 38.7 Å². The molecule has 13 rings (SSSR count). The maximum atomic E-state index is 15.8. The number of hydrogen-bond acceptors (Lipinski definition) is 11. The van der Waals surface area contributed by atoms with E-state index in [0.717, 1.165) is 64.2 Å². The van der Waals surface area contributed by atoms with Crippen molar-refractivity contribution in [3.8, 4) is 5.75 Å². The number of ether oxygens (including phenoxy) is 4. The Morgan fingerprint density at radius 3 is 2.52 bits per heavy atom. The molecule has 1 aromatic heterocycles. The highest BCUT2D eigenvalue weighted by Gasteiger charge is 2.63. The minimum absolute atomic E-state index is 0.0157. The Hall–Kier alpha value is -5.85. The molecule has 12 atom stereocenters. The SMILES string of the molecule is COCC(CCO)c1c(CO)c2ccc3c(c2oc1=O)C1OC(=O)CC2CC(c4cccc(C56CCCCC5CCc5ccccc56)c4)CCC2c2ccc4c(c2)CCC2CCCC5C=CCC(O3)(C1OC(=O)C(=C(C)CO)CC4)C52. The van der Waals surface area contributed by atoms with Crippen molar-refractivity contribution in [1.29, 1.82) is 0 Å². The summed E-state index contributed by atoms with van der Waals surface area (Å²) in [6.07, 6.45) is 18.0. The Balaban J connectivity index is 0.979. The number of carbonyl (C=O) groups excluding carboxylic acids is 2. The van der Waals surface area contributed by atoms with Gasteiger partial charge in [0.1, 0.15) is 11.3 Å². The highest BCUT2D eigenvalue weighted by molar-refractivity contribution is 5.90. The molecule has 5 aromatic rings. The summed E-state index contributed by atoms with van der Waals surface area (Å²) >= 11 is 0. The van der Waals surface area contributed by atoms with Crippen LogP contribution in [-0.4, -0.2) is 65.9 Å². The number of hydrogen-bond donors (Lipinski definition) is 3. The number of fused-ring (bicyclic) bond motifs is 11. The van der Waals surface area contributed by atoms with Crippen LogP contribution in [0.15, 0.2) is 111 Å². The van der Waals surface area contributed by atoms with Crippen molar-refractivity contribution in [1.82, 2.24) is 0 Å². The Labute approximate surface area is 476 Å². The lowest BCUT2D eigenvalue weighted by atomic mass is 9.54. The third kappa shape index (κ3) is 9.35. The molecule has 8 aliphatic rings. The predicted octanol–water partition coefficient (Wildman–Crippen LogP) is 12.4. The summed E-state index contributed by atoms with van der Waals surface area (Å²) in [5, 5.41) is 32.6. The van der Waals surface area contributed by atoms with E-state index in [-0.39, 0.29) is 90.3 Å². The standard InChI is InChI=1S/C70H80O11/c1-41(38-72)54-26-23-42-18-21-49-34-47(42)20-19-45-12-7-11-44-14-9-32-70(63(44)45)66(80-67(54)75)65(62-59(81-70)29-28-56-57(39-73)61(68(76)79-64(56)62)50(30-33-71)40-77-2)78-60(74)37-51-35-48(24-27-55(49)51)46-13-8-16-53(36-46)69-31-6-5-15-52(69)25-22-43-10-3-4-17-58(43)69/h3-4,8-10,13-14,16-18,21,28-29,34,36,44-45,48,50-52,55,63,65-66,71-73H,5-7,11-12,15,19-20,22-27,30-33,35,37-40H2,1-2H3. The Kier molecular flexibility index (Phi) is 15.0. The molecule has 1 spiro atoms. The second kappa shape index (κ2) is 22.4. The van der Waals surface area contributed by atoms with Gasteiger partial charge in [-0.1, -0.05) is 98.1 Å². The van der Waals surface area contributed by atoms with Crippen LogP contribution in [0.3, 0.4) is 0 Å². The van der Waals surface area contributed by atoms with Gasteiger partial charge >= 0.3 is 17.6 Å². The lowest BCUT2D eigenvalue weighted by Crippen LogP contribution is -2.64. The van der Waals surface area contributed by atoms with Gasteiger partial charge in [0.2, 0.25) is 0 Å². The molecule has 4 heterocycles. The van der Waals surface area contributed by atoms with E-state index in [4.69, 9.17) is 23.4 Å². The quantitative estimate of drug-likeness (QED) is 0.0557. The zero-order valence-corrected chi connectivity index (χ0v) is 47.3. The molecule has 3 N–H and O–H groups in total. The van der Waals surface area contributed by atoms with Crippen LogP contribution in [0.5, 0.6) is 5.75 Å². The van der Waals surface area contributed by atoms with Crippen LogP contribution in [-0.2, 0) is 55.1 Å². The van der Waals surface area contributed by atoms with E-state index in [0.29, 0.717) is 53.0 Å². The van der Waals surface area contributed by atoms with Crippen molar-refractivity contribution in [3.63, 3.8) is 0 Å². The van der Waals surface area contributed by atoms with Crippen LogP contribution in [0.4, 0.5) is 0 Å². The minimum atomic E-state index is -1.30. The molecule has 81 heavy (non-hydrogen) atoms. The fourth-order valence-electron chi connectivity index (χ4n) is 18.0. The van der Waals surface area contributed by atoms with Gasteiger partial charge in [-0.2, -0.15) is 0 Å². The van der Waals surface area contributed by atoms with E-state index in [9.17, 15) is 20.1 Å². The topological polar surface area (TPSA) is 162 Å². The van der Waals surface area contributed by atoms with Crippen LogP contribution in [0.2, 0.25) is 0 Å². The first-order valence-corrected chi connectivity index (χ1v) is 30.8. The van der Waals surface area contributed by atoms with E-state index >= 15 is 9.59 Å². The zero-order chi connectivity index (χ0) is 55.6. The maximum Gasteiger partial charge on any atom is 0.340 e. The molecule has 11 heteroatoms. The number of rotatable bonds is 9. The van der Waals surface area contributed by atoms with Crippen LogP contribution in [0.1, 0.15) is 189 Å². The Morgan fingerprint density at radius 2 is 1.67 bits per heavy atom. The van der Waals surface area contributed by atoms with Crippen LogP contribution in [0, 0.1) is 29.6 Å². The third-order valence-corrected chi connectivity index (χ3v) is 21.6. The largest absolute Gasteiger partial charge is 0.482 e. The van der Waals surface area contributed by atoms with Gasteiger partial charge in [-0.15, -0.1) is 0 Å². The lowest BCUT2D eigenvalue weighted by molar-refractivity contribution is -0.213. The average molecular weight is 1100 g/mol. The van der Waals surface area contributed by atoms with E-state index in [2.05, 4.69) is 78.9 Å². The molecule has 11 nitrogen and oxygen atoms in total. The molecule has 3 saturated carbocycles. The first-order chi connectivity index (χ1) is 39.6. The molecule has 0 radical (unpaired) electrons. The van der Waals surface area contributed by atoms with E-state index in [1.54, 1.807) is 13.0 Å². The van der Waals surface area contributed by atoms with Gasteiger partial charge in [0.05, 0.1) is 25.4 Å². The number of aliphatic hydroxyl groups is 3. The Bertz CT molecular complexity index is 3340. The first-order valence-electron chi connectivity index (χ1n) is 30.8. The number of benzene rings is 4. The van der Waals surface area contributed by atoms with Crippen LogP contribution in [0.25, 0.3) is 11.0 Å². The molecule has 12 unspecified atom stereocenters. The number of aliphatic hydroxyl groups excluding tert-OH is 3. The highest BCUT2D eigenvalue weighted by atomic mass is 16.6. The molecule has 426 valence electrons. The van der Waals surface area contributed by atoms with Gasteiger partial charge in [-0.3, -0.25) is 4.79 Å². The summed E-state index contributed by atoms with van der Waals surface area (Å²) in [6.45, 7) is 0.790. The molecular formula is C70H80O11. The predicted molar refractivity (Wildman–Crippen MR) is 309 cm³/mol. The molecule has 5 bridgehead atoms. The lowest BCUT2D eigenvalue weighted by Gasteiger charge is -2.56. The fraction of sp³-hybridized carbons (Fsp3) is 0.529. The summed E-state index contributed by atoms with van der Waals surface area (Å²) < 4.78 is 33.8. The van der Waals surface area contributed by atoms with Crippen molar-refractivity contribution in [2.24, 2.45) is 29.6 Å². The van der Waals surface area contributed by atoms with Gasteiger partial charge in [0, 0.05) is 60.3 Å². The van der Waals surface area contributed by atoms with Crippen molar-refractivity contribution in [2.75, 3.05) is 26.9 Å². The van der Waals surface area contributed by atoms with Gasteiger partial charge in [0.25, 0.3) is 0 Å². The van der Waals surface area contributed by atoms with E-state index < -0.39 is 47.9 Å². The maximum absolute atomic E-state index is 15.8. The third-order valence-electron chi connectivity index (χ3n) is 21.6. The van der Waals surface area contributed by atoms with Crippen LogP contribution < -0.4 is 10.4 Å². The first kappa shape index (κ1) is 54.4. The Morgan fingerprint density at radius 1 is 0.790 bits per heavy atom. The van der Waals surface area contributed by atoms with Gasteiger partial charge in [-0.05, 0) is 195 Å². The van der Waals surface area contributed by atoms with Gasteiger partial charge in [-0.25, -0.2) is 9.59 Å². The molecule has 0 saturated heterocycles. The number of methoxy groups -OCH3 is 1. The molecule has 5 aliphatic carbocycles. The number of carbonyl (C=O) groups is 2. The summed E-state index contributed by atoms with van der Waals surface area (Å²) in [6, 6.07) is 29.3. The van der Waals surface area contributed by atoms with Gasteiger partial charge in [0.15, 0.2) is 17.8 Å². The van der Waals surface area contributed by atoms with Crippen molar-refractivity contribution < 1.29 is 48.3 Å². The number of allylic oxidation sites excluding steroid dienone is 1. The molecule has 0 amide bonds. The van der Waals surface area contributed by atoms with E-state index in [1.165, 1.54) is 71.7 Å². The van der Waals surface area contributed by atoms with Crippen molar-refractivity contribution >= 4 is 22.9 Å². The number of aryl methyl sites for hydroxylation is 3. The minimum Gasteiger partial charge on any atom is -0.482 e. The van der Waals surface area contributed by atoms with Crippen molar-refractivity contribution in [2.45, 2.75) is 177 Å². The van der Waals surface area contributed by atoms with Crippen LogP contribution >= 0.6 is 0 Å². The monoisotopic (exact) mass is 1100 g/mol. The molecule has 4 aromatic carbocycles. The number of esters is 2. The molecular weight excluding hydrogens is 1020 g/mol. The molecule has 3 aliphatic heterocycles. The fourth-order valence-corrected chi connectivity index (χ4v) is 18.0. The smallest absolute Gasteiger partial charge is 0.340 e.